The van der Waals surface area contributed by atoms with Gasteiger partial charge in [0.15, 0.2) is 5.66 Å². The highest BCUT2D eigenvalue weighted by Crippen LogP contribution is 2.36. The van der Waals surface area contributed by atoms with Gasteiger partial charge >= 0.3 is 0 Å². The van der Waals surface area contributed by atoms with Crippen LogP contribution in [0.2, 0.25) is 0 Å². The number of nitrogens with one attached hydrogen (secondary N) is 1. The van der Waals surface area contributed by atoms with Gasteiger partial charge in [-0.05, 0) is 18.2 Å². The van der Waals surface area contributed by atoms with E-state index in [0.29, 0.717) is 36.6 Å². The van der Waals surface area contributed by atoms with Gasteiger partial charge in [-0.2, -0.15) is 10.2 Å². The molecule has 1 amide bonds. The van der Waals surface area contributed by atoms with Crippen LogP contribution in [-0.2, 0) is 0 Å². The van der Waals surface area contributed by atoms with Crippen molar-refractivity contribution in [2.75, 3.05) is 6.54 Å². The third kappa shape index (κ3) is 4.61. The largest absolute Gasteiger partial charge is 0.437 e. The van der Waals surface area contributed by atoms with E-state index in [1.54, 1.807) is 30.5 Å². The monoisotopic (exact) mass is 335 g/mol. The van der Waals surface area contributed by atoms with Crippen molar-refractivity contribution in [2.24, 2.45) is 10.2 Å². The smallest absolute Gasteiger partial charge is 0.251 e. The molecule has 3 rings (SSSR count). The molecule has 0 bridgehead atoms. The van der Waals surface area contributed by atoms with Gasteiger partial charge in [-0.1, -0.05) is 6.07 Å². The van der Waals surface area contributed by atoms with E-state index in [2.05, 4.69) is 31.4 Å². The Balaban J connectivity index is 1.52. The summed E-state index contributed by atoms with van der Waals surface area (Å²) in [5, 5.41) is 11.0. The van der Waals surface area contributed by atoms with Crippen LogP contribution in [0.15, 0.2) is 53.1 Å². The van der Waals surface area contributed by atoms with Crippen molar-refractivity contribution < 1.29 is 9.53 Å². The molecule has 1 aromatic carbocycles. The van der Waals surface area contributed by atoms with Crippen LogP contribution in [0.25, 0.3) is 0 Å². The van der Waals surface area contributed by atoms with Crippen LogP contribution in [0.4, 0.5) is 0 Å². The van der Waals surface area contributed by atoms with E-state index in [4.69, 9.17) is 11.2 Å². The number of terminal acetylenes is 1. The van der Waals surface area contributed by atoms with Crippen LogP contribution >= 0.6 is 0 Å². The number of rotatable bonds is 8. The minimum absolute atomic E-state index is 0.183. The summed E-state index contributed by atoms with van der Waals surface area (Å²) in [5.74, 6) is 3.29. The third-order valence-corrected chi connectivity index (χ3v) is 3.72. The van der Waals surface area contributed by atoms with E-state index >= 15 is 0 Å². The fourth-order valence-electron chi connectivity index (χ4n) is 2.31. The van der Waals surface area contributed by atoms with Crippen molar-refractivity contribution in [2.45, 2.75) is 24.9 Å². The lowest BCUT2D eigenvalue weighted by molar-refractivity contribution is 0.0951. The molecule has 1 aliphatic rings. The van der Waals surface area contributed by atoms with Crippen LogP contribution in [0.5, 0.6) is 11.6 Å². The lowest BCUT2D eigenvalue weighted by Crippen LogP contribution is -2.28. The molecule has 0 radical (unpaired) electrons. The summed E-state index contributed by atoms with van der Waals surface area (Å²) in [6, 6.07) is 6.88. The zero-order valence-corrected chi connectivity index (χ0v) is 13.6. The quantitative estimate of drug-likeness (QED) is 0.751. The predicted octanol–water partition coefficient (Wildman–Crippen LogP) is 2.96. The normalized spacial score (nSPS) is 13.7. The minimum atomic E-state index is -0.392. The van der Waals surface area contributed by atoms with Gasteiger partial charge in [-0.15, -0.1) is 12.3 Å². The van der Waals surface area contributed by atoms with Gasteiger partial charge in [-0.25, -0.2) is 4.98 Å². The first-order valence-corrected chi connectivity index (χ1v) is 7.90. The second kappa shape index (κ2) is 7.53. The number of amides is 1. The molecule has 2 heterocycles. The van der Waals surface area contributed by atoms with Crippen molar-refractivity contribution in [3.8, 4) is 24.0 Å². The van der Waals surface area contributed by atoms with Gasteiger partial charge in [-0.3, -0.25) is 9.78 Å². The zero-order chi connectivity index (χ0) is 17.5. The maximum atomic E-state index is 12.3. The lowest BCUT2D eigenvalue weighted by atomic mass is 10.0. The summed E-state index contributed by atoms with van der Waals surface area (Å²) in [6.07, 6.45) is 11.9. The molecule has 1 aliphatic heterocycles. The van der Waals surface area contributed by atoms with E-state index in [1.807, 2.05) is 0 Å². The standard InChI is InChI=1S/C18H17N5O2/c1-2-3-7-18(22-23-18)8-9-21-17(24)14-5-4-6-15(12-14)25-16-13-19-10-11-20-16/h1,4-6,10-13H,3,7-9H2,(H,21,24). The molecule has 1 aromatic heterocycles. The lowest BCUT2D eigenvalue weighted by Gasteiger charge is -2.10. The van der Waals surface area contributed by atoms with E-state index in [-0.39, 0.29) is 5.91 Å². The molecule has 25 heavy (non-hydrogen) atoms. The van der Waals surface area contributed by atoms with Gasteiger partial charge in [0.1, 0.15) is 5.75 Å². The van der Waals surface area contributed by atoms with Gasteiger partial charge in [0.05, 0.1) is 6.20 Å². The van der Waals surface area contributed by atoms with Crippen LogP contribution in [0, 0.1) is 12.3 Å². The molecule has 0 atom stereocenters. The summed E-state index contributed by atoms with van der Waals surface area (Å²) in [6.45, 7) is 0.478. The van der Waals surface area contributed by atoms with Crippen LogP contribution in [-0.4, -0.2) is 28.1 Å². The number of aromatic nitrogens is 2. The summed E-state index contributed by atoms with van der Waals surface area (Å²) < 4.78 is 5.58. The first-order chi connectivity index (χ1) is 12.2. The fourth-order valence-corrected chi connectivity index (χ4v) is 2.31. The average molecular weight is 335 g/mol. The Morgan fingerprint density at radius 2 is 2.16 bits per heavy atom. The molecule has 0 aliphatic carbocycles. The van der Waals surface area contributed by atoms with E-state index < -0.39 is 5.66 Å². The van der Waals surface area contributed by atoms with Crippen molar-refractivity contribution in [1.29, 1.82) is 0 Å². The maximum Gasteiger partial charge on any atom is 0.251 e. The highest BCUT2D eigenvalue weighted by atomic mass is 16.5. The van der Waals surface area contributed by atoms with Crippen LogP contribution < -0.4 is 10.1 Å². The van der Waals surface area contributed by atoms with Gasteiger partial charge in [0.25, 0.3) is 5.91 Å². The second-order valence-electron chi connectivity index (χ2n) is 5.57. The Hall–Kier alpha value is -3.27. The SMILES string of the molecule is C#CCCC1(CCNC(=O)c2cccc(Oc3cnccn3)c2)N=N1. The molecule has 0 spiro atoms. The third-order valence-electron chi connectivity index (χ3n) is 3.72. The molecule has 2 aromatic rings. The number of carbonyl (C=O) groups is 1. The number of hydrogen-bond donors (Lipinski definition) is 1. The first-order valence-electron chi connectivity index (χ1n) is 7.90. The molecule has 0 saturated carbocycles. The van der Waals surface area contributed by atoms with Crippen molar-refractivity contribution >= 4 is 5.91 Å². The Kier molecular flexibility index (Phi) is 5.00. The second-order valence-corrected chi connectivity index (χ2v) is 5.57. The molecule has 0 fully saturated rings. The molecule has 7 nitrogen and oxygen atoms in total. The van der Waals surface area contributed by atoms with Gasteiger partial charge in [0, 0.05) is 43.8 Å². The van der Waals surface area contributed by atoms with Crippen molar-refractivity contribution in [3.63, 3.8) is 0 Å². The van der Waals surface area contributed by atoms with Crippen LogP contribution in [0.1, 0.15) is 29.6 Å². The van der Waals surface area contributed by atoms with E-state index in [1.165, 1.54) is 12.4 Å². The molecule has 1 N–H and O–H groups in total. The van der Waals surface area contributed by atoms with Crippen molar-refractivity contribution in [3.05, 3.63) is 48.4 Å². The van der Waals surface area contributed by atoms with Gasteiger partial charge in [0.2, 0.25) is 5.88 Å². The first kappa shape index (κ1) is 16.6. The van der Waals surface area contributed by atoms with Crippen LogP contribution in [0.3, 0.4) is 0 Å². The molecule has 7 heteroatoms. The number of carbonyl (C=O) groups excluding carboxylic acids is 1. The minimum Gasteiger partial charge on any atom is -0.437 e. The number of hydrogen-bond acceptors (Lipinski definition) is 6. The number of benzene rings is 1. The number of ether oxygens (including phenoxy) is 1. The molecular formula is C18H17N5O2. The molecule has 126 valence electrons. The fraction of sp³-hybridized carbons (Fsp3) is 0.278. The van der Waals surface area contributed by atoms with Gasteiger partial charge < -0.3 is 10.1 Å². The molecule has 0 saturated heterocycles. The summed E-state index contributed by atoms with van der Waals surface area (Å²) in [5.41, 5.74) is 0.111. The Morgan fingerprint density at radius 3 is 2.88 bits per heavy atom. The molecule has 0 unspecified atom stereocenters. The Morgan fingerprint density at radius 1 is 1.28 bits per heavy atom. The topological polar surface area (TPSA) is 88.8 Å². The Labute approximate surface area is 145 Å². The zero-order valence-electron chi connectivity index (χ0n) is 13.6. The highest BCUT2D eigenvalue weighted by molar-refractivity contribution is 5.94. The number of nitrogens with zero attached hydrogens (tertiary/aromatic N) is 4. The van der Waals surface area contributed by atoms with E-state index in [0.717, 1.165) is 6.42 Å². The highest BCUT2D eigenvalue weighted by Gasteiger charge is 2.38. The average Bonchev–Trinajstić information content (AvgIpc) is 3.41. The van der Waals surface area contributed by atoms with Crippen molar-refractivity contribution in [1.82, 2.24) is 15.3 Å². The maximum absolute atomic E-state index is 12.3. The van der Waals surface area contributed by atoms with E-state index in [9.17, 15) is 4.79 Å². The Bertz CT molecular complexity index is 808. The summed E-state index contributed by atoms with van der Waals surface area (Å²) in [7, 11) is 0. The molecular weight excluding hydrogens is 318 g/mol. The summed E-state index contributed by atoms with van der Waals surface area (Å²) in [4.78, 5) is 20.3. The summed E-state index contributed by atoms with van der Waals surface area (Å²) >= 11 is 0. The predicted molar refractivity (Wildman–Crippen MR) is 91.2 cm³/mol.